The van der Waals surface area contributed by atoms with Crippen LogP contribution in [0.5, 0.6) is 17.2 Å². The molecule has 0 bridgehead atoms. The molecule has 0 heterocycles. The predicted molar refractivity (Wildman–Crippen MR) is 78.4 cm³/mol. The Hall–Kier alpha value is -2.86. The molecule has 0 radical (unpaired) electrons. The van der Waals surface area contributed by atoms with Crippen molar-refractivity contribution in [1.82, 2.24) is 0 Å². The van der Waals surface area contributed by atoms with E-state index in [0.717, 1.165) is 5.56 Å². The van der Waals surface area contributed by atoms with Crippen LogP contribution in [0.15, 0.2) is 48.5 Å². The molecule has 0 aliphatic heterocycles. The largest absolute Gasteiger partial charge is 0.508 e. The Morgan fingerprint density at radius 1 is 0.900 bits per heavy atom. The number of benzene rings is 2. The van der Waals surface area contributed by atoms with E-state index in [9.17, 15) is 10.2 Å². The Bertz CT molecular complexity index is 674. The van der Waals surface area contributed by atoms with Gasteiger partial charge in [0.2, 0.25) is 0 Å². The molecule has 0 amide bonds. The highest BCUT2D eigenvalue weighted by Gasteiger charge is 1.97. The third-order valence-corrected chi connectivity index (χ3v) is 2.63. The minimum Gasteiger partial charge on any atom is -0.508 e. The number of phenols is 3. The third kappa shape index (κ3) is 3.82. The fourth-order valence-electron chi connectivity index (χ4n) is 1.59. The van der Waals surface area contributed by atoms with Crippen molar-refractivity contribution >= 4 is 6.08 Å². The van der Waals surface area contributed by atoms with Crippen LogP contribution in [-0.2, 0) is 0 Å². The predicted octanol–water partition coefficient (Wildman–Crippen LogP) is 3.26. The van der Waals surface area contributed by atoms with Crippen LogP contribution in [-0.4, -0.2) is 15.3 Å². The van der Waals surface area contributed by atoms with Crippen LogP contribution in [0.25, 0.3) is 6.08 Å². The molecule has 0 aromatic heterocycles. The summed E-state index contributed by atoms with van der Waals surface area (Å²) in [6, 6.07) is 11.4. The maximum Gasteiger partial charge on any atom is 0.158 e. The summed E-state index contributed by atoms with van der Waals surface area (Å²) in [7, 11) is 0. The normalized spacial score (nSPS) is 10.2. The molecule has 100 valence electrons. The Morgan fingerprint density at radius 2 is 1.65 bits per heavy atom. The van der Waals surface area contributed by atoms with Gasteiger partial charge < -0.3 is 15.3 Å². The highest BCUT2D eigenvalue weighted by atomic mass is 16.3. The molecule has 0 fully saturated rings. The van der Waals surface area contributed by atoms with E-state index in [1.165, 1.54) is 12.1 Å². The molecular formula is C17H14O3. The molecule has 20 heavy (non-hydrogen) atoms. The molecule has 0 atom stereocenters. The summed E-state index contributed by atoms with van der Waals surface area (Å²) in [5.41, 5.74) is 1.64. The molecule has 0 aliphatic carbocycles. The number of phenolic OH excluding ortho intramolecular Hbond substituents is 3. The maximum absolute atomic E-state index is 9.32. The average molecular weight is 266 g/mol. The monoisotopic (exact) mass is 266 g/mol. The van der Waals surface area contributed by atoms with Crippen molar-refractivity contribution in [3.05, 3.63) is 59.7 Å². The quantitative estimate of drug-likeness (QED) is 0.577. The number of allylic oxidation sites excluding steroid dienone is 1. The van der Waals surface area contributed by atoms with Gasteiger partial charge in [-0.25, -0.2) is 0 Å². The van der Waals surface area contributed by atoms with E-state index >= 15 is 0 Å². The van der Waals surface area contributed by atoms with E-state index in [4.69, 9.17) is 5.11 Å². The number of hydrogen-bond donors (Lipinski definition) is 3. The minimum atomic E-state index is -0.170. The van der Waals surface area contributed by atoms with Crippen molar-refractivity contribution in [1.29, 1.82) is 0 Å². The van der Waals surface area contributed by atoms with E-state index in [2.05, 4.69) is 11.8 Å². The Balaban J connectivity index is 1.94. The lowest BCUT2D eigenvalue weighted by Crippen LogP contribution is -1.74. The molecule has 0 saturated heterocycles. The smallest absolute Gasteiger partial charge is 0.158 e. The molecule has 0 unspecified atom stereocenters. The highest BCUT2D eigenvalue weighted by molar-refractivity contribution is 5.51. The van der Waals surface area contributed by atoms with Gasteiger partial charge in [0.25, 0.3) is 0 Å². The van der Waals surface area contributed by atoms with Crippen molar-refractivity contribution in [2.45, 2.75) is 6.42 Å². The molecule has 2 aromatic rings. The third-order valence-electron chi connectivity index (χ3n) is 2.63. The van der Waals surface area contributed by atoms with Gasteiger partial charge in [0.1, 0.15) is 5.75 Å². The molecular weight excluding hydrogens is 252 g/mol. The van der Waals surface area contributed by atoms with Gasteiger partial charge >= 0.3 is 0 Å². The maximum atomic E-state index is 9.32. The van der Waals surface area contributed by atoms with Gasteiger partial charge in [-0.1, -0.05) is 36.1 Å². The van der Waals surface area contributed by atoms with Crippen LogP contribution >= 0.6 is 0 Å². The molecule has 3 N–H and O–H groups in total. The van der Waals surface area contributed by atoms with Crippen LogP contribution in [0.3, 0.4) is 0 Å². The van der Waals surface area contributed by atoms with Gasteiger partial charge in [0.05, 0.1) is 0 Å². The van der Waals surface area contributed by atoms with Gasteiger partial charge in [-0.05, 0) is 35.9 Å². The van der Waals surface area contributed by atoms with Crippen LogP contribution in [0.2, 0.25) is 0 Å². The Morgan fingerprint density at radius 3 is 2.35 bits per heavy atom. The highest BCUT2D eigenvalue weighted by Crippen LogP contribution is 2.24. The van der Waals surface area contributed by atoms with Gasteiger partial charge in [-0.2, -0.15) is 0 Å². The van der Waals surface area contributed by atoms with Crippen LogP contribution in [0, 0.1) is 11.8 Å². The molecule has 0 spiro atoms. The van der Waals surface area contributed by atoms with Crippen molar-refractivity contribution in [2.24, 2.45) is 0 Å². The van der Waals surface area contributed by atoms with Crippen molar-refractivity contribution in [2.75, 3.05) is 0 Å². The van der Waals surface area contributed by atoms with Crippen molar-refractivity contribution in [3.8, 4) is 29.1 Å². The molecule has 0 aliphatic rings. The first kappa shape index (κ1) is 13.6. The zero-order valence-electron chi connectivity index (χ0n) is 10.7. The van der Waals surface area contributed by atoms with Gasteiger partial charge in [0.15, 0.2) is 11.5 Å². The summed E-state index contributed by atoms with van der Waals surface area (Å²) in [6.07, 6.45) is 4.41. The fraction of sp³-hybridized carbons (Fsp3) is 0.0588. The zero-order chi connectivity index (χ0) is 14.4. The summed E-state index contributed by atoms with van der Waals surface area (Å²) in [5.74, 6) is 5.77. The first-order chi connectivity index (χ1) is 9.65. The molecule has 3 heteroatoms. The van der Waals surface area contributed by atoms with E-state index in [0.29, 0.717) is 12.0 Å². The Kier molecular flexibility index (Phi) is 4.31. The molecule has 2 aromatic carbocycles. The fourth-order valence-corrected chi connectivity index (χ4v) is 1.59. The summed E-state index contributed by atoms with van der Waals surface area (Å²) in [4.78, 5) is 0. The van der Waals surface area contributed by atoms with E-state index in [1.54, 1.807) is 18.2 Å². The summed E-state index contributed by atoms with van der Waals surface area (Å²) >= 11 is 0. The van der Waals surface area contributed by atoms with E-state index < -0.39 is 0 Å². The van der Waals surface area contributed by atoms with Crippen molar-refractivity contribution < 1.29 is 15.3 Å². The summed E-state index contributed by atoms with van der Waals surface area (Å²) < 4.78 is 0. The summed E-state index contributed by atoms with van der Waals surface area (Å²) in [6.45, 7) is 0. The lowest BCUT2D eigenvalue weighted by Gasteiger charge is -1.96. The first-order valence-electron chi connectivity index (χ1n) is 6.11. The van der Waals surface area contributed by atoms with Crippen LogP contribution in [0.1, 0.15) is 17.5 Å². The van der Waals surface area contributed by atoms with Crippen LogP contribution in [0.4, 0.5) is 0 Å². The van der Waals surface area contributed by atoms with E-state index in [1.807, 2.05) is 24.3 Å². The first-order valence-corrected chi connectivity index (χ1v) is 6.11. The minimum absolute atomic E-state index is 0.150. The summed E-state index contributed by atoms with van der Waals surface area (Å²) in [5, 5.41) is 27.6. The lowest BCUT2D eigenvalue weighted by atomic mass is 10.2. The number of hydrogen-bond acceptors (Lipinski definition) is 3. The second-order valence-electron chi connectivity index (χ2n) is 4.20. The standard InChI is InChI=1S/C17H14O3/c18-15-9-6-13(7-10-15)4-2-1-3-5-14-8-11-16(19)17(20)12-14/h2,4,6-12,18-20H,1H2/b4-2+. The van der Waals surface area contributed by atoms with E-state index in [-0.39, 0.29) is 17.2 Å². The van der Waals surface area contributed by atoms with Crippen LogP contribution < -0.4 is 0 Å². The average Bonchev–Trinajstić information content (AvgIpc) is 2.44. The molecule has 0 saturated carbocycles. The molecule has 2 rings (SSSR count). The van der Waals surface area contributed by atoms with Gasteiger partial charge in [-0.3, -0.25) is 0 Å². The topological polar surface area (TPSA) is 60.7 Å². The SMILES string of the molecule is Oc1ccc(/C=C/CC#Cc2ccc(O)c(O)c2)cc1. The molecule has 3 nitrogen and oxygen atoms in total. The Labute approximate surface area is 117 Å². The second-order valence-corrected chi connectivity index (χ2v) is 4.20. The second kappa shape index (κ2) is 6.35. The lowest BCUT2D eigenvalue weighted by molar-refractivity contribution is 0.403. The number of aromatic hydroxyl groups is 3. The van der Waals surface area contributed by atoms with Gasteiger partial charge in [0, 0.05) is 12.0 Å². The zero-order valence-corrected chi connectivity index (χ0v) is 10.7. The van der Waals surface area contributed by atoms with Crippen molar-refractivity contribution in [3.63, 3.8) is 0 Å². The number of rotatable bonds is 2. The van der Waals surface area contributed by atoms with Gasteiger partial charge in [-0.15, -0.1) is 0 Å².